The van der Waals surface area contributed by atoms with E-state index in [-0.39, 0.29) is 27.4 Å². The third-order valence-electron chi connectivity index (χ3n) is 6.56. The van der Waals surface area contributed by atoms with Crippen LogP contribution >= 0.6 is 27.3 Å². The highest BCUT2D eigenvalue weighted by Crippen LogP contribution is 2.32. The van der Waals surface area contributed by atoms with Crippen molar-refractivity contribution in [3.8, 4) is 0 Å². The highest BCUT2D eigenvalue weighted by atomic mass is 79.9. The van der Waals surface area contributed by atoms with Crippen LogP contribution in [0.25, 0.3) is 10.2 Å². The van der Waals surface area contributed by atoms with E-state index >= 15 is 0 Å². The Morgan fingerprint density at radius 3 is 2.73 bits per heavy atom. The second-order valence-electron chi connectivity index (χ2n) is 9.10. The van der Waals surface area contributed by atoms with Crippen molar-refractivity contribution in [3.63, 3.8) is 0 Å². The molecule has 3 heterocycles. The van der Waals surface area contributed by atoms with Crippen molar-refractivity contribution in [2.75, 3.05) is 11.6 Å². The first-order valence-electron chi connectivity index (χ1n) is 12.5. The van der Waals surface area contributed by atoms with Crippen molar-refractivity contribution in [2.24, 2.45) is 5.10 Å². The monoisotopic (exact) mass is 645 g/mol. The number of furan rings is 1. The predicted molar refractivity (Wildman–Crippen MR) is 155 cm³/mol. The van der Waals surface area contributed by atoms with Crippen molar-refractivity contribution in [3.05, 3.63) is 80.5 Å². The van der Waals surface area contributed by atoms with E-state index in [2.05, 4.69) is 26.0 Å². The molecule has 0 radical (unpaired) electrons. The molecule has 2 aromatic heterocycles. The van der Waals surface area contributed by atoms with Gasteiger partial charge in [-0.05, 0) is 67.8 Å². The lowest BCUT2D eigenvalue weighted by atomic mass is 10.0. The van der Waals surface area contributed by atoms with Gasteiger partial charge >= 0.3 is 5.88 Å². The Morgan fingerprint density at radius 2 is 2.02 bits per heavy atom. The molecule has 0 aliphatic carbocycles. The molecule has 0 spiro atoms. The maximum atomic E-state index is 13.7. The molecule has 1 aliphatic heterocycles. The van der Waals surface area contributed by atoms with Crippen LogP contribution in [0.3, 0.4) is 0 Å². The van der Waals surface area contributed by atoms with E-state index in [1.54, 1.807) is 10.4 Å². The molecule has 1 saturated heterocycles. The van der Waals surface area contributed by atoms with E-state index in [0.29, 0.717) is 12.1 Å². The summed E-state index contributed by atoms with van der Waals surface area (Å²) in [6.45, 7) is 2.46. The molecule has 0 saturated carbocycles. The molecule has 1 fully saturated rings. The zero-order valence-electron chi connectivity index (χ0n) is 21.3. The Morgan fingerprint density at radius 1 is 1.25 bits per heavy atom. The number of rotatable bonds is 8. The van der Waals surface area contributed by atoms with Gasteiger partial charge in [-0.1, -0.05) is 40.6 Å². The first-order chi connectivity index (χ1) is 19.2. The lowest BCUT2D eigenvalue weighted by Gasteiger charge is -2.34. The van der Waals surface area contributed by atoms with Crippen LogP contribution in [0.5, 0.6) is 0 Å². The SMILES string of the molecule is CCC1CCCCN1S(=O)(=O)c1ccc(C(=O)N(/N=C/c2ccc([N+](=O)[O-])o2)c2nc3ccc(Br)cc3s2)cc1. The fourth-order valence-electron chi connectivity index (χ4n) is 4.52. The minimum absolute atomic E-state index is 0.0404. The molecule has 4 aromatic rings. The molecule has 5 rings (SSSR count). The minimum atomic E-state index is -3.71. The molecule has 0 N–H and O–H groups in total. The van der Waals surface area contributed by atoms with E-state index in [9.17, 15) is 23.3 Å². The number of hydrogen-bond acceptors (Lipinski definition) is 9. The summed E-state index contributed by atoms with van der Waals surface area (Å²) >= 11 is 4.65. The zero-order valence-corrected chi connectivity index (χ0v) is 24.5. The highest BCUT2D eigenvalue weighted by molar-refractivity contribution is 9.10. The van der Waals surface area contributed by atoms with E-state index in [1.807, 2.05) is 19.1 Å². The number of hydrogen-bond donors (Lipinski definition) is 0. The Balaban J connectivity index is 1.47. The number of thiazole rings is 1. The third kappa shape index (κ3) is 5.70. The normalized spacial score (nSPS) is 16.5. The fraction of sp³-hybridized carbons (Fsp3) is 0.269. The molecule has 1 aliphatic rings. The number of nitro groups is 1. The Hall–Kier alpha value is -3.46. The number of piperidine rings is 1. The van der Waals surface area contributed by atoms with Crippen LogP contribution in [0.15, 0.2) is 73.5 Å². The van der Waals surface area contributed by atoms with Crippen molar-refractivity contribution in [1.82, 2.24) is 9.29 Å². The van der Waals surface area contributed by atoms with Crippen molar-refractivity contribution in [1.29, 1.82) is 0 Å². The van der Waals surface area contributed by atoms with Crippen LogP contribution in [-0.4, -0.2) is 47.3 Å². The highest BCUT2D eigenvalue weighted by Gasteiger charge is 2.32. The van der Waals surface area contributed by atoms with Crippen LogP contribution in [0.4, 0.5) is 11.0 Å². The number of aromatic nitrogens is 1. The number of hydrazone groups is 1. The number of carbonyl (C=O) groups excluding carboxylic acids is 1. The molecule has 2 aromatic carbocycles. The molecular weight excluding hydrogens is 622 g/mol. The Labute approximate surface area is 242 Å². The van der Waals surface area contributed by atoms with Crippen molar-refractivity contribution >= 4 is 70.6 Å². The number of sulfonamides is 1. The van der Waals surface area contributed by atoms with Gasteiger partial charge in [0.2, 0.25) is 15.2 Å². The smallest absolute Gasteiger partial charge is 0.400 e. The van der Waals surface area contributed by atoms with E-state index < -0.39 is 26.7 Å². The largest absolute Gasteiger partial charge is 0.433 e. The second-order valence-corrected chi connectivity index (χ2v) is 12.9. The summed E-state index contributed by atoms with van der Waals surface area (Å²) in [6.07, 6.45) is 4.57. The molecule has 0 bridgehead atoms. The molecule has 208 valence electrons. The molecular formula is C26H24BrN5O6S2. The number of benzene rings is 2. The van der Waals surface area contributed by atoms with Gasteiger partial charge in [-0.3, -0.25) is 14.9 Å². The molecule has 14 heteroatoms. The average molecular weight is 647 g/mol. The summed E-state index contributed by atoms with van der Waals surface area (Å²) in [5, 5.41) is 16.5. The van der Waals surface area contributed by atoms with Gasteiger partial charge in [-0.25, -0.2) is 13.4 Å². The Kier molecular flexibility index (Phi) is 8.12. The zero-order chi connectivity index (χ0) is 28.4. The maximum Gasteiger partial charge on any atom is 0.433 e. The van der Waals surface area contributed by atoms with Crippen molar-refractivity contribution < 1.29 is 22.6 Å². The topological polar surface area (TPSA) is 139 Å². The van der Waals surface area contributed by atoms with Gasteiger partial charge in [0.25, 0.3) is 5.91 Å². The van der Waals surface area contributed by atoms with Crippen LogP contribution < -0.4 is 5.01 Å². The lowest BCUT2D eigenvalue weighted by Crippen LogP contribution is -2.43. The van der Waals surface area contributed by atoms with Gasteiger partial charge in [0.05, 0.1) is 27.4 Å². The van der Waals surface area contributed by atoms with Gasteiger partial charge in [-0.15, -0.1) is 0 Å². The summed E-state index contributed by atoms with van der Waals surface area (Å²) in [5.41, 5.74) is 0.839. The van der Waals surface area contributed by atoms with Crippen LogP contribution in [0, 0.1) is 10.1 Å². The second kappa shape index (κ2) is 11.6. The van der Waals surface area contributed by atoms with Gasteiger partial charge in [-0.2, -0.15) is 14.4 Å². The van der Waals surface area contributed by atoms with Gasteiger partial charge in [0.1, 0.15) is 4.92 Å². The van der Waals surface area contributed by atoms with Gasteiger partial charge in [0.15, 0.2) is 5.76 Å². The maximum absolute atomic E-state index is 13.7. The third-order valence-corrected chi connectivity index (χ3v) is 10.0. The predicted octanol–water partition coefficient (Wildman–Crippen LogP) is 6.19. The Bertz CT molecular complexity index is 1700. The molecule has 1 amide bonds. The number of nitrogens with zero attached hydrogens (tertiary/aromatic N) is 5. The molecule has 1 unspecified atom stereocenters. The van der Waals surface area contributed by atoms with Crippen LogP contribution in [0.2, 0.25) is 0 Å². The van der Waals surface area contributed by atoms with Gasteiger partial charge in [0, 0.05) is 22.6 Å². The fourth-order valence-corrected chi connectivity index (χ4v) is 7.76. The number of halogens is 1. The lowest BCUT2D eigenvalue weighted by molar-refractivity contribution is -0.402. The van der Waals surface area contributed by atoms with Crippen molar-refractivity contribution in [2.45, 2.75) is 43.5 Å². The quantitative estimate of drug-likeness (QED) is 0.126. The number of carbonyl (C=O) groups is 1. The van der Waals surface area contributed by atoms with Crippen LogP contribution in [0.1, 0.15) is 48.7 Å². The number of fused-ring (bicyclic) bond motifs is 1. The first-order valence-corrected chi connectivity index (χ1v) is 15.5. The number of anilines is 1. The van der Waals surface area contributed by atoms with Crippen LogP contribution in [-0.2, 0) is 10.0 Å². The minimum Gasteiger partial charge on any atom is -0.400 e. The van der Waals surface area contributed by atoms with Gasteiger partial charge < -0.3 is 4.42 Å². The van der Waals surface area contributed by atoms with E-state index in [4.69, 9.17) is 4.42 Å². The molecule has 40 heavy (non-hydrogen) atoms. The number of amides is 1. The molecule has 11 nitrogen and oxygen atoms in total. The summed E-state index contributed by atoms with van der Waals surface area (Å²) < 4.78 is 35.1. The summed E-state index contributed by atoms with van der Waals surface area (Å²) in [6, 6.07) is 13.8. The first kappa shape index (κ1) is 28.1. The van der Waals surface area contributed by atoms with E-state index in [0.717, 1.165) is 39.9 Å². The summed E-state index contributed by atoms with van der Waals surface area (Å²) in [5.74, 6) is -0.953. The van der Waals surface area contributed by atoms with E-state index in [1.165, 1.54) is 53.9 Å². The molecule has 1 atom stereocenters. The summed E-state index contributed by atoms with van der Waals surface area (Å²) in [7, 11) is -3.71. The summed E-state index contributed by atoms with van der Waals surface area (Å²) in [4.78, 5) is 28.6. The average Bonchev–Trinajstić information content (AvgIpc) is 3.60. The standard InChI is InChI=1S/C26H24BrN5O6S2/c1-2-19-5-3-4-14-30(19)40(36,37)21-10-6-17(7-11-21)25(33)31(28-16-20-9-13-24(38-20)32(34)35)26-29-22-12-8-18(27)15-23(22)39-26/h6-13,15-16,19H,2-5,14H2,1H3/b28-16+.